The van der Waals surface area contributed by atoms with Crippen molar-refractivity contribution in [1.82, 2.24) is 4.72 Å². The molecule has 3 N–H and O–H groups in total. The van der Waals surface area contributed by atoms with Gasteiger partial charge in [-0.1, -0.05) is 13.8 Å². The molecule has 0 aromatic carbocycles. The molecule has 0 fully saturated rings. The molecular formula is C9H20N2O3S. The van der Waals surface area contributed by atoms with Gasteiger partial charge in [-0.25, -0.2) is 8.42 Å². The molecule has 0 saturated heterocycles. The van der Waals surface area contributed by atoms with Crippen LogP contribution in [-0.4, -0.2) is 26.6 Å². The summed E-state index contributed by atoms with van der Waals surface area (Å²) in [7, 11) is -3.42. The zero-order chi connectivity index (χ0) is 11.9. The van der Waals surface area contributed by atoms with E-state index in [4.69, 9.17) is 5.73 Å². The zero-order valence-corrected chi connectivity index (χ0v) is 10.1. The topological polar surface area (TPSA) is 89.3 Å². The molecule has 0 aliphatic heterocycles. The zero-order valence-electron chi connectivity index (χ0n) is 9.32. The first-order valence-electron chi connectivity index (χ1n) is 5.14. The van der Waals surface area contributed by atoms with Gasteiger partial charge >= 0.3 is 0 Å². The Kier molecular flexibility index (Phi) is 6.51. The minimum Gasteiger partial charge on any atom is -0.330 e. The summed E-state index contributed by atoms with van der Waals surface area (Å²) >= 11 is 0. The van der Waals surface area contributed by atoms with Gasteiger partial charge in [0.15, 0.2) is 0 Å². The molecule has 0 aromatic rings. The first-order chi connectivity index (χ1) is 6.91. The van der Waals surface area contributed by atoms with Crippen LogP contribution in [0.3, 0.4) is 0 Å². The molecule has 1 unspecified atom stereocenters. The summed E-state index contributed by atoms with van der Waals surface area (Å²) in [6.07, 6.45) is 1.33. The molecule has 0 rings (SSSR count). The summed E-state index contributed by atoms with van der Waals surface area (Å²) in [5, 5.41) is 0. The van der Waals surface area contributed by atoms with Gasteiger partial charge in [-0.05, 0) is 25.3 Å². The smallest absolute Gasteiger partial charge is 0.234 e. The Balaban J connectivity index is 3.94. The molecule has 0 heterocycles. The Hall–Kier alpha value is -0.620. The monoisotopic (exact) mass is 236 g/mol. The van der Waals surface area contributed by atoms with Gasteiger partial charge in [-0.3, -0.25) is 9.52 Å². The molecule has 6 heteroatoms. The second kappa shape index (κ2) is 6.79. The van der Waals surface area contributed by atoms with E-state index in [-0.39, 0.29) is 18.1 Å². The van der Waals surface area contributed by atoms with Crippen LogP contribution in [0.25, 0.3) is 0 Å². The largest absolute Gasteiger partial charge is 0.330 e. The third-order valence-corrected chi connectivity index (χ3v) is 3.49. The van der Waals surface area contributed by atoms with Gasteiger partial charge < -0.3 is 5.73 Å². The summed E-state index contributed by atoms with van der Waals surface area (Å²) in [5.74, 6) is -0.209. The van der Waals surface area contributed by atoms with Gasteiger partial charge in [0.1, 0.15) is 0 Å². The quantitative estimate of drug-likeness (QED) is 0.661. The van der Waals surface area contributed by atoms with Crippen LogP contribution in [0.4, 0.5) is 0 Å². The summed E-state index contributed by atoms with van der Waals surface area (Å²) in [6, 6.07) is 0. The first kappa shape index (κ1) is 14.4. The minimum absolute atomic E-state index is 0.00875. The van der Waals surface area contributed by atoms with E-state index in [1.54, 1.807) is 6.92 Å². The molecule has 15 heavy (non-hydrogen) atoms. The molecular weight excluding hydrogens is 216 g/mol. The average molecular weight is 236 g/mol. The molecule has 0 aliphatic carbocycles. The number of nitrogens with one attached hydrogen (secondary N) is 1. The first-order valence-corrected chi connectivity index (χ1v) is 6.80. The van der Waals surface area contributed by atoms with Crippen LogP contribution >= 0.6 is 0 Å². The van der Waals surface area contributed by atoms with Crippen LogP contribution in [0, 0.1) is 5.92 Å². The van der Waals surface area contributed by atoms with Crippen molar-refractivity contribution in [2.24, 2.45) is 11.7 Å². The number of hydrogen-bond donors (Lipinski definition) is 2. The lowest BCUT2D eigenvalue weighted by Crippen LogP contribution is -2.32. The third-order valence-electron chi connectivity index (χ3n) is 2.01. The molecule has 0 aliphatic rings. The van der Waals surface area contributed by atoms with Gasteiger partial charge in [0.25, 0.3) is 0 Å². The Morgan fingerprint density at radius 3 is 2.53 bits per heavy atom. The Morgan fingerprint density at radius 2 is 2.07 bits per heavy atom. The molecule has 5 nitrogen and oxygen atoms in total. The molecule has 0 saturated carbocycles. The SMILES string of the molecule is CCCS(=O)(=O)NC(=O)CCC(C)CN. The average Bonchev–Trinajstić information content (AvgIpc) is 2.13. The van der Waals surface area contributed by atoms with Crippen LogP contribution in [-0.2, 0) is 14.8 Å². The third kappa shape index (κ3) is 7.33. The number of carbonyl (C=O) groups excluding carboxylic acids is 1. The molecule has 1 amide bonds. The lowest BCUT2D eigenvalue weighted by Gasteiger charge is -2.08. The van der Waals surface area contributed by atoms with Crippen molar-refractivity contribution in [2.75, 3.05) is 12.3 Å². The maximum atomic E-state index is 11.2. The second-order valence-corrected chi connectivity index (χ2v) is 5.57. The fraction of sp³-hybridized carbons (Fsp3) is 0.889. The predicted molar refractivity (Wildman–Crippen MR) is 59.7 cm³/mol. The lowest BCUT2D eigenvalue weighted by molar-refractivity contribution is -0.119. The summed E-state index contributed by atoms with van der Waals surface area (Å²) in [5.41, 5.74) is 5.38. The van der Waals surface area contributed by atoms with Crippen LogP contribution in [0.15, 0.2) is 0 Å². The van der Waals surface area contributed by atoms with Crippen LogP contribution < -0.4 is 10.5 Å². The van der Waals surface area contributed by atoms with Crippen molar-refractivity contribution in [3.05, 3.63) is 0 Å². The van der Waals surface area contributed by atoms with E-state index in [1.807, 2.05) is 11.6 Å². The van der Waals surface area contributed by atoms with Gasteiger partial charge in [-0.15, -0.1) is 0 Å². The number of rotatable bonds is 7. The number of nitrogens with two attached hydrogens (primary N) is 1. The van der Waals surface area contributed by atoms with Crippen LogP contribution in [0.1, 0.15) is 33.1 Å². The fourth-order valence-corrected chi connectivity index (χ4v) is 2.13. The Bertz CT molecular complexity index is 288. The highest BCUT2D eigenvalue weighted by Crippen LogP contribution is 2.03. The highest BCUT2D eigenvalue weighted by Gasteiger charge is 2.13. The molecule has 0 aromatic heterocycles. The molecule has 0 spiro atoms. The van der Waals surface area contributed by atoms with Gasteiger partial charge in [0.05, 0.1) is 5.75 Å². The van der Waals surface area contributed by atoms with Crippen molar-refractivity contribution in [3.63, 3.8) is 0 Å². The highest BCUT2D eigenvalue weighted by atomic mass is 32.2. The van der Waals surface area contributed by atoms with Gasteiger partial charge in [0.2, 0.25) is 15.9 Å². The van der Waals surface area contributed by atoms with E-state index in [0.717, 1.165) is 0 Å². The Labute approximate surface area is 91.5 Å². The normalized spacial score (nSPS) is 13.5. The number of amides is 1. The maximum absolute atomic E-state index is 11.2. The molecule has 1 atom stereocenters. The predicted octanol–water partition coefficient (Wildman–Crippen LogP) is 0.217. The van der Waals surface area contributed by atoms with E-state index >= 15 is 0 Å². The van der Waals surface area contributed by atoms with E-state index in [1.165, 1.54) is 0 Å². The summed E-state index contributed by atoms with van der Waals surface area (Å²) in [6.45, 7) is 4.18. The standard InChI is InChI=1S/C9H20N2O3S/c1-3-6-15(13,14)11-9(12)5-4-8(2)7-10/h8H,3-7,10H2,1-2H3,(H,11,12). The van der Waals surface area contributed by atoms with Crippen molar-refractivity contribution >= 4 is 15.9 Å². The molecule has 0 bridgehead atoms. The summed E-state index contributed by atoms with van der Waals surface area (Å²) < 4.78 is 24.4. The summed E-state index contributed by atoms with van der Waals surface area (Å²) in [4.78, 5) is 11.2. The van der Waals surface area contributed by atoms with E-state index in [2.05, 4.69) is 0 Å². The minimum atomic E-state index is -3.42. The van der Waals surface area contributed by atoms with Gasteiger partial charge in [-0.2, -0.15) is 0 Å². The van der Waals surface area contributed by atoms with Crippen molar-refractivity contribution in [1.29, 1.82) is 0 Å². The fourth-order valence-electron chi connectivity index (χ4n) is 1.04. The molecule has 90 valence electrons. The van der Waals surface area contributed by atoms with E-state index in [9.17, 15) is 13.2 Å². The van der Waals surface area contributed by atoms with E-state index < -0.39 is 15.9 Å². The maximum Gasteiger partial charge on any atom is 0.234 e. The van der Waals surface area contributed by atoms with Crippen LogP contribution in [0.5, 0.6) is 0 Å². The number of sulfonamides is 1. The van der Waals surface area contributed by atoms with E-state index in [0.29, 0.717) is 19.4 Å². The van der Waals surface area contributed by atoms with Gasteiger partial charge in [0, 0.05) is 6.42 Å². The number of carbonyl (C=O) groups is 1. The lowest BCUT2D eigenvalue weighted by atomic mass is 10.1. The molecule has 0 radical (unpaired) electrons. The van der Waals surface area contributed by atoms with Crippen molar-refractivity contribution in [2.45, 2.75) is 33.1 Å². The van der Waals surface area contributed by atoms with Crippen molar-refractivity contribution in [3.8, 4) is 0 Å². The van der Waals surface area contributed by atoms with Crippen molar-refractivity contribution < 1.29 is 13.2 Å². The van der Waals surface area contributed by atoms with Crippen LogP contribution in [0.2, 0.25) is 0 Å². The Morgan fingerprint density at radius 1 is 1.47 bits per heavy atom. The second-order valence-electron chi connectivity index (χ2n) is 3.72. The number of hydrogen-bond acceptors (Lipinski definition) is 4. The highest BCUT2D eigenvalue weighted by molar-refractivity contribution is 7.90.